The van der Waals surface area contributed by atoms with Gasteiger partial charge >= 0.3 is 0 Å². The minimum absolute atomic E-state index is 0.0167. The van der Waals surface area contributed by atoms with E-state index >= 15 is 0 Å². The van der Waals surface area contributed by atoms with Crippen molar-refractivity contribution in [2.75, 3.05) is 13.2 Å². The molecule has 0 bridgehead atoms. The zero-order valence-electron chi connectivity index (χ0n) is 16.7. The van der Waals surface area contributed by atoms with Gasteiger partial charge in [0.2, 0.25) is 0 Å². The molecule has 1 aliphatic heterocycles. The van der Waals surface area contributed by atoms with Crippen LogP contribution in [0.25, 0.3) is 6.08 Å². The lowest BCUT2D eigenvalue weighted by Crippen LogP contribution is -2.33. The first-order valence-electron chi connectivity index (χ1n) is 9.93. The first-order valence-corrected chi connectivity index (χ1v) is 10.7. The van der Waals surface area contributed by atoms with E-state index < -0.39 is 0 Å². The number of ether oxygens (including phenoxy) is 1. The van der Waals surface area contributed by atoms with E-state index in [0.29, 0.717) is 10.3 Å². The van der Waals surface area contributed by atoms with Gasteiger partial charge in [-0.05, 0) is 42.7 Å². The van der Waals surface area contributed by atoms with Gasteiger partial charge in [0.1, 0.15) is 5.75 Å². The van der Waals surface area contributed by atoms with Crippen LogP contribution < -0.4 is 24.9 Å². The zero-order chi connectivity index (χ0) is 20.9. The maximum atomic E-state index is 12.5. The summed E-state index contributed by atoms with van der Waals surface area (Å²) >= 11 is 1.42. The van der Waals surface area contributed by atoms with Crippen LogP contribution in [0.3, 0.4) is 0 Å². The van der Waals surface area contributed by atoms with Crippen LogP contribution in [0.1, 0.15) is 30.5 Å². The highest BCUT2D eigenvalue weighted by Gasteiger charge is 2.10. The second kappa shape index (κ2) is 9.09. The molecule has 1 amide bonds. The van der Waals surface area contributed by atoms with Crippen molar-refractivity contribution >= 4 is 23.3 Å². The van der Waals surface area contributed by atoms with Gasteiger partial charge in [0, 0.05) is 13.1 Å². The van der Waals surface area contributed by atoms with Gasteiger partial charge in [0.25, 0.3) is 11.5 Å². The summed E-state index contributed by atoms with van der Waals surface area (Å²) in [5.41, 5.74) is 1.97. The Morgan fingerprint density at radius 2 is 2.00 bits per heavy atom. The van der Waals surface area contributed by atoms with Gasteiger partial charge in [0.05, 0.1) is 10.6 Å². The van der Waals surface area contributed by atoms with Crippen LogP contribution >= 0.6 is 11.3 Å². The van der Waals surface area contributed by atoms with E-state index in [1.54, 1.807) is 16.7 Å². The fourth-order valence-electron chi connectivity index (χ4n) is 3.30. The maximum absolute atomic E-state index is 12.5. The largest absolute Gasteiger partial charge is 0.484 e. The monoisotopic (exact) mass is 421 g/mol. The first kappa shape index (κ1) is 20.1. The fraction of sp³-hybridized carbons (Fsp3) is 0.261. The van der Waals surface area contributed by atoms with Gasteiger partial charge in [-0.15, -0.1) is 0 Å². The lowest BCUT2D eigenvalue weighted by atomic mass is 10.1. The number of thiazole rings is 1. The van der Waals surface area contributed by atoms with E-state index in [4.69, 9.17) is 4.74 Å². The summed E-state index contributed by atoms with van der Waals surface area (Å²) in [6, 6.07) is 17.1. The third-order valence-corrected chi connectivity index (χ3v) is 5.94. The maximum Gasteiger partial charge on any atom is 0.270 e. The van der Waals surface area contributed by atoms with E-state index in [1.807, 2.05) is 55.5 Å². The van der Waals surface area contributed by atoms with Gasteiger partial charge in [-0.1, -0.05) is 53.8 Å². The van der Waals surface area contributed by atoms with Crippen molar-refractivity contribution in [3.05, 3.63) is 85.4 Å². The standard InChI is InChI=1S/C23H23N3O3S/c1-16(18-6-3-2-4-7-18)25-21(27)15-29-19-10-8-17(9-11-19)14-20-22(28)26-13-5-12-24-23(26)30-20/h2-4,6-11,14,16H,5,12-13,15H2,1H3,(H,25,27)/b20-14+/t16-/m0/s1. The summed E-state index contributed by atoms with van der Waals surface area (Å²) in [4.78, 5) is 29.8. The lowest BCUT2D eigenvalue weighted by Gasteiger charge is -2.14. The van der Waals surface area contributed by atoms with Crippen LogP contribution in [0.2, 0.25) is 0 Å². The number of fused-ring (bicyclic) bond motifs is 1. The molecular formula is C23H23N3O3S. The van der Waals surface area contributed by atoms with Crippen LogP contribution in [-0.2, 0) is 11.3 Å². The average Bonchev–Trinajstić information content (AvgIpc) is 3.09. The number of carbonyl (C=O) groups excluding carboxylic acids is 1. The van der Waals surface area contributed by atoms with Crippen molar-refractivity contribution in [1.82, 2.24) is 9.88 Å². The summed E-state index contributed by atoms with van der Waals surface area (Å²) < 4.78 is 8.02. The van der Waals surface area contributed by atoms with Crippen molar-refractivity contribution in [1.29, 1.82) is 0 Å². The summed E-state index contributed by atoms with van der Waals surface area (Å²) in [5, 5.41) is 2.93. The normalized spacial score (nSPS) is 14.5. The highest BCUT2D eigenvalue weighted by Crippen LogP contribution is 2.14. The Kier molecular flexibility index (Phi) is 6.09. The van der Waals surface area contributed by atoms with Crippen molar-refractivity contribution in [2.24, 2.45) is 4.99 Å². The van der Waals surface area contributed by atoms with Crippen molar-refractivity contribution in [3.63, 3.8) is 0 Å². The molecule has 0 spiro atoms. The Morgan fingerprint density at radius 1 is 1.23 bits per heavy atom. The van der Waals surface area contributed by atoms with Gasteiger partial charge < -0.3 is 10.1 Å². The van der Waals surface area contributed by atoms with Crippen LogP contribution in [0, 0.1) is 0 Å². The number of nitrogens with zero attached hydrogens (tertiary/aromatic N) is 2. The van der Waals surface area contributed by atoms with E-state index in [2.05, 4.69) is 10.3 Å². The number of hydrogen-bond donors (Lipinski definition) is 1. The van der Waals surface area contributed by atoms with Crippen LogP contribution in [0.5, 0.6) is 5.75 Å². The van der Waals surface area contributed by atoms with E-state index in [0.717, 1.165) is 35.4 Å². The SMILES string of the molecule is C[C@H](NC(=O)COc1ccc(/C=c2/sc3n(c2=O)CCCN=3)cc1)c1ccccc1. The summed E-state index contributed by atoms with van der Waals surface area (Å²) in [5.74, 6) is 0.426. The second-order valence-electron chi connectivity index (χ2n) is 7.14. The smallest absolute Gasteiger partial charge is 0.270 e. The molecule has 6 nitrogen and oxygen atoms in total. The molecule has 1 aliphatic rings. The molecule has 7 heteroatoms. The quantitative estimate of drug-likeness (QED) is 0.662. The van der Waals surface area contributed by atoms with Gasteiger partial charge in [-0.3, -0.25) is 19.1 Å². The number of benzene rings is 2. The van der Waals surface area contributed by atoms with Crippen LogP contribution in [0.4, 0.5) is 0 Å². The summed E-state index contributed by atoms with van der Waals surface area (Å²) in [6.07, 6.45) is 2.78. The molecule has 1 N–H and O–H groups in total. The predicted molar refractivity (Wildman–Crippen MR) is 117 cm³/mol. The minimum Gasteiger partial charge on any atom is -0.484 e. The molecule has 1 aromatic heterocycles. The molecule has 0 fully saturated rings. The highest BCUT2D eigenvalue weighted by molar-refractivity contribution is 7.07. The Hall–Kier alpha value is -3.19. The molecule has 0 saturated carbocycles. The lowest BCUT2D eigenvalue weighted by molar-refractivity contribution is -0.123. The molecule has 0 aliphatic carbocycles. The Morgan fingerprint density at radius 3 is 2.73 bits per heavy atom. The number of nitrogens with one attached hydrogen (secondary N) is 1. The van der Waals surface area contributed by atoms with Crippen molar-refractivity contribution < 1.29 is 9.53 Å². The number of rotatable bonds is 6. The van der Waals surface area contributed by atoms with Gasteiger partial charge in [-0.2, -0.15) is 0 Å². The molecule has 0 radical (unpaired) electrons. The Bertz CT molecular complexity index is 1200. The summed E-state index contributed by atoms with van der Waals surface area (Å²) in [7, 11) is 0. The molecule has 2 heterocycles. The molecule has 30 heavy (non-hydrogen) atoms. The molecule has 2 aromatic carbocycles. The third-order valence-electron chi connectivity index (χ3n) is 4.90. The van der Waals surface area contributed by atoms with Crippen molar-refractivity contribution in [2.45, 2.75) is 25.9 Å². The van der Waals surface area contributed by atoms with Crippen LogP contribution in [-0.4, -0.2) is 23.6 Å². The first-order chi connectivity index (χ1) is 14.6. The van der Waals surface area contributed by atoms with E-state index in [-0.39, 0.29) is 24.1 Å². The van der Waals surface area contributed by atoms with E-state index in [1.165, 1.54) is 11.3 Å². The molecule has 1 atom stereocenters. The van der Waals surface area contributed by atoms with E-state index in [9.17, 15) is 9.59 Å². The number of amides is 1. The topological polar surface area (TPSA) is 72.7 Å². The molecule has 154 valence electrons. The van der Waals surface area contributed by atoms with Gasteiger partial charge in [0.15, 0.2) is 11.4 Å². The number of aromatic nitrogens is 1. The Labute approximate surface area is 178 Å². The molecular weight excluding hydrogens is 398 g/mol. The predicted octanol–water partition coefficient (Wildman–Crippen LogP) is 2.02. The van der Waals surface area contributed by atoms with Crippen LogP contribution in [0.15, 0.2) is 64.4 Å². The second-order valence-corrected chi connectivity index (χ2v) is 8.15. The molecule has 3 aromatic rings. The Balaban J connectivity index is 1.37. The third kappa shape index (κ3) is 4.68. The molecule has 0 unspecified atom stereocenters. The highest BCUT2D eigenvalue weighted by atomic mass is 32.1. The fourth-order valence-corrected chi connectivity index (χ4v) is 4.32. The van der Waals surface area contributed by atoms with Crippen molar-refractivity contribution in [3.8, 4) is 5.75 Å². The average molecular weight is 422 g/mol. The summed E-state index contributed by atoms with van der Waals surface area (Å²) in [6.45, 7) is 3.40. The minimum atomic E-state index is -0.178. The zero-order valence-corrected chi connectivity index (χ0v) is 17.5. The number of carbonyl (C=O) groups is 1. The molecule has 0 saturated heterocycles. The van der Waals surface area contributed by atoms with Gasteiger partial charge in [-0.25, -0.2) is 0 Å². The number of hydrogen-bond acceptors (Lipinski definition) is 5. The molecule has 4 rings (SSSR count).